The second-order valence-corrected chi connectivity index (χ2v) is 13.1. The molecule has 2 nitrogen and oxygen atoms in total. The molecule has 0 amide bonds. The van der Waals surface area contributed by atoms with Gasteiger partial charge in [-0.05, 0) is 40.1 Å². The number of thiophene rings is 1. The van der Waals surface area contributed by atoms with Gasteiger partial charge in [-0.15, -0.1) is 11.3 Å². The minimum atomic E-state index is 0.922. The Morgan fingerprint density at radius 2 is 1.06 bits per heavy atom. The van der Waals surface area contributed by atoms with E-state index in [0.717, 1.165) is 44.0 Å². The van der Waals surface area contributed by atoms with Crippen LogP contribution < -0.4 is 0 Å². The van der Waals surface area contributed by atoms with Crippen LogP contribution in [0.15, 0.2) is 158 Å². The Morgan fingerprint density at radius 3 is 1.94 bits per heavy atom. The monoisotopic (exact) mass is 614 g/mol. The Balaban J connectivity index is 1.21. The maximum atomic E-state index is 5.39. The van der Waals surface area contributed by atoms with E-state index in [4.69, 9.17) is 9.97 Å². The average Bonchev–Trinajstić information content (AvgIpc) is 3.53. The number of pyridine rings is 2. The fraction of sp³-hybridized carbons (Fsp3) is 0. The van der Waals surface area contributed by atoms with Crippen LogP contribution >= 0.6 is 11.3 Å². The Labute approximate surface area is 275 Å². The van der Waals surface area contributed by atoms with Crippen molar-refractivity contribution in [3.63, 3.8) is 0 Å². The largest absolute Gasteiger partial charge is 0.245 e. The van der Waals surface area contributed by atoms with Crippen LogP contribution in [-0.4, -0.2) is 9.97 Å². The molecule has 0 bridgehead atoms. The normalized spacial score (nSPS) is 11.8. The minimum Gasteiger partial charge on any atom is -0.245 e. The Bertz CT molecular complexity index is 2850. The zero-order valence-corrected chi connectivity index (χ0v) is 26.1. The van der Waals surface area contributed by atoms with Gasteiger partial charge >= 0.3 is 0 Å². The topological polar surface area (TPSA) is 25.8 Å². The molecule has 3 heteroatoms. The molecule has 0 unspecified atom stereocenters. The highest BCUT2D eigenvalue weighted by Crippen LogP contribution is 2.44. The maximum Gasteiger partial charge on any atom is 0.0978 e. The molecule has 0 radical (unpaired) electrons. The predicted molar refractivity (Wildman–Crippen MR) is 201 cm³/mol. The van der Waals surface area contributed by atoms with Gasteiger partial charge in [0.2, 0.25) is 0 Å². The second-order valence-electron chi connectivity index (χ2n) is 12.1. The van der Waals surface area contributed by atoms with Crippen molar-refractivity contribution in [3.05, 3.63) is 158 Å². The van der Waals surface area contributed by atoms with E-state index in [9.17, 15) is 0 Å². The average molecular weight is 615 g/mol. The number of para-hydroxylation sites is 1. The second kappa shape index (κ2) is 10.3. The molecule has 3 heterocycles. The van der Waals surface area contributed by atoms with Crippen molar-refractivity contribution in [3.8, 4) is 33.5 Å². The number of fused-ring (bicyclic) bond motifs is 8. The van der Waals surface area contributed by atoms with Crippen LogP contribution in [0.2, 0.25) is 0 Å². The quantitative estimate of drug-likeness (QED) is 0.146. The van der Waals surface area contributed by atoms with Crippen LogP contribution in [0.4, 0.5) is 0 Å². The lowest BCUT2D eigenvalue weighted by atomic mass is 9.92. The number of nitrogens with zero attached hydrogens (tertiary/aromatic N) is 2. The lowest BCUT2D eigenvalue weighted by Crippen LogP contribution is -1.93. The molecule has 0 saturated heterocycles. The van der Waals surface area contributed by atoms with Gasteiger partial charge < -0.3 is 0 Å². The standard InChI is InChI=1S/C44H26N2S/c1-2-11-27(12-3-1)41-36-16-6-8-19-38(36)46-43-37(41)23-21-28-22-26-39(45-42(28)43)32-25-24-31(29-13-4-5-14-30(29)32)34-17-10-18-35-33-15-7-9-20-40(33)47-44(34)35/h1-26H. The summed E-state index contributed by atoms with van der Waals surface area (Å²) in [5.74, 6) is 0. The van der Waals surface area contributed by atoms with E-state index in [1.165, 1.54) is 53.2 Å². The molecule has 0 aliphatic rings. The molecule has 10 rings (SSSR count). The van der Waals surface area contributed by atoms with Crippen molar-refractivity contribution in [2.45, 2.75) is 0 Å². The molecule has 218 valence electrons. The van der Waals surface area contributed by atoms with E-state index >= 15 is 0 Å². The molecule has 0 N–H and O–H groups in total. The Kier molecular flexibility index (Phi) is 5.78. The molecule has 10 aromatic rings. The molecule has 47 heavy (non-hydrogen) atoms. The van der Waals surface area contributed by atoms with Gasteiger partial charge in [0.05, 0.1) is 22.2 Å². The third-order valence-corrected chi connectivity index (χ3v) is 10.7. The van der Waals surface area contributed by atoms with Gasteiger partial charge in [0.25, 0.3) is 0 Å². The summed E-state index contributed by atoms with van der Waals surface area (Å²) in [7, 11) is 0. The number of aromatic nitrogens is 2. The van der Waals surface area contributed by atoms with E-state index in [2.05, 4.69) is 158 Å². The molecular weight excluding hydrogens is 589 g/mol. The van der Waals surface area contributed by atoms with Gasteiger partial charge in [-0.25, -0.2) is 9.97 Å². The zero-order valence-electron chi connectivity index (χ0n) is 25.3. The minimum absolute atomic E-state index is 0.922. The van der Waals surface area contributed by atoms with Crippen molar-refractivity contribution in [2.75, 3.05) is 0 Å². The van der Waals surface area contributed by atoms with Crippen molar-refractivity contribution in [1.29, 1.82) is 0 Å². The number of hydrogen-bond acceptors (Lipinski definition) is 3. The third kappa shape index (κ3) is 4.04. The van der Waals surface area contributed by atoms with Crippen LogP contribution in [0.25, 0.3) is 97.2 Å². The molecule has 7 aromatic carbocycles. The van der Waals surface area contributed by atoms with E-state index in [1.54, 1.807) is 0 Å². The molecule has 3 aromatic heterocycles. The highest BCUT2D eigenvalue weighted by Gasteiger charge is 2.17. The van der Waals surface area contributed by atoms with Crippen molar-refractivity contribution >= 4 is 75.0 Å². The zero-order chi connectivity index (χ0) is 30.9. The highest BCUT2D eigenvalue weighted by molar-refractivity contribution is 7.26. The molecule has 0 spiro atoms. The lowest BCUT2D eigenvalue weighted by molar-refractivity contribution is 1.40. The van der Waals surface area contributed by atoms with Crippen molar-refractivity contribution in [1.82, 2.24) is 9.97 Å². The molecule has 0 saturated carbocycles. The predicted octanol–water partition coefficient (Wildman–Crippen LogP) is 12.5. The first-order valence-electron chi connectivity index (χ1n) is 15.9. The summed E-state index contributed by atoms with van der Waals surface area (Å²) in [5, 5.41) is 8.40. The number of hydrogen-bond donors (Lipinski definition) is 0. The molecule has 0 fully saturated rings. The first-order chi connectivity index (χ1) is 23.3. The van der Waals surface area contributed by atoms with Gasteiger partial charge in [-0.1, -0.05) is 140 Å². The fourth-order valence-electron chi connectivity index (χ4n) is 7.32. The van der Waals surface area contributed by atoms with Crippen LogP contribution in [0, 0.1) is 0 Å². The molecule has 0 atom stereocenters. The maximum absolute atomic E-state index is 5.39. The summed E-state index contributed by atoms with van der Waals surface area (Å²) in [5.41, 5.74) is 9.79. The van der Waals surface area contributed by atoms with Crippen LogP contribution in [-0.2, 0) is 0 Å². The number of rotatable bonds is 3. The Hall–Kier alpha value is -5.90. The van der Waals surface area contributed by atoms with E-state index < -0.39 is 0 Å². The van der Waals surface area contributed by atoms with Crippen LogP contribution in [0.1, 0.15) is 0 Å². The summed E-state index contributed by atoms with van der Waals surface area (Å²) in [6.45, 7) is 0. The molecule has 0 aliphatic heterocycles. The van der Waals surface area contributed by atoms with E-state index in [-0.39, 0.29) is 0 Å². The third-order valence-electron chi connectivity index (χ3n) is 9.47. The van der Waals surface area contributed by atoms with Gasteiger partial charge in [-0.3, -0.25) is 0 Å². The summed E-state index contributed by atoms with van der Waals surface area (Å²) in [6.07, 6.45) is 0. The number of benzene rings is 7. The van der Waals surface area contributed by atoms with E-state index in [1.807, 2.05) is 11.3 Å². The smallest absolute Gasteiger partial charge is 0.0978 e. The summed E-state index contributed by atoms with van der Waals surface area (Å²) in [6, 6.07) is 56.5. The summed E-state index contributed by atoms with van der Waals surface area (Å²) in [4.78, 5) is 10.6. The first-order valence-corrected chi connectivity index (χ1v) is 16.7. The van der Waals surface area contributed by atoms with Crippen molar-refractivity contribution in [2.24, 2.45) is 0 Å². The highest BCUT2D eigenvalue weighted by atomic mass is 32.1. The molecule has 0 aliphatic carbocycles. The summed E-state index contributed by atoms with van der Waals surface area (Å²) < 4.78 is 2.65. The van der Waals surface area contributed by atoms with Crippen LogP contribution in [0.5, 0.6) is 0 Å². The van der Waals surface area contributed by atoms with Crippen LogP contribution in [0.3, 0.4) is 0 Å². The van der Waals surface area contributed by atoms with Gasteiger partial charge in [0.1, 0.15) is 0 Å². The van der Waals surface area contributed by atoms with Gasteiger partial charge in [-0.2, -0.15) is 0 Å². The Morgan fingerprint density at radius 1 is 0.383 bits per heavy atom. The SMILES string of the molecule is c1ccc(-c2c3ccccc3nc3c2ccc2ccc(-c4ccc(-c5cccc6c5sc5ccccc56)c5ccccc45)nc23)cc1. The fourth-order valence-corrected chi connectivity index (χ4v) is 8.55. The summed E-state index contributed by atoms with van der Waals surface area (Å²) >= 11 is 1.88. The lowest BCUT2D eigenvalue weighted by Gasteiger charge is -2.15. The van der Waals surface area contributed by atoms with Crippen molar-refractivity contribution < 1.29 is 0 Å². The first kappa shape index (κ1) is 26.3. The van der Waals surface area contributed by atoms with E-state index in [0.29, 0.717) is 0 Å². The van der Waals surface area contributed by atoms with Gasteiger partial charge in [0, 0.05) is 53.0 Å². The van der Waals surface area contributed by atoms with Gasteiger partial charge in [0.15, 0.2) is 0 Å². The molecular formula is C44H26N2S.